The molecule has 1 aliphatic rings. The van der Waals surface area contributed by atoms with E-state index in [0.717, 1.165) is 5.06 Å². The first-order valence-corrected chi connectivity index (χ1v) is 6.03. The lowest BCUT2D eigenvalue weighted by Crippen LogP contribution is -2.48. The maximum absolute atomic E-state index is 12.0. The van der Waals surface area contributed by atoms with Crippen molar-refractivity contribution in [3.05, 3.63) is 24.5 Å². The third-order valence-corrected chi connectivity index (χ3v) is 2.15. The van der Waals surface area contributed by atoms with Crippen LogP contribution in [0.25, 0.3) is 0 Å². The van der Waals surface area contributed by atoms with Gasteiger partial charge in [-0.25, -0.2) is 4.79 Å². The summed E-state index contributed by atoms with van der Waals surface area (Å²) < 4.78 is 5.07. The molecule has 1 heterocycles. The van der Waals surface area contributed by atoms with Gasteiger partial charge in [-0.3, -0.25) is 4.79 Å². The Bertz CT molecular complexity index is 409. The van der Waals surface area contributed by atoms with E-state index < -0.39 is 17.7 Å². The molecule has 6 heteroatoms. The summed E-state index contributed by atoms with van der Waals surface area (Å²) in [6.07, 6.45) is 2.79. The van der Waals surface area contributed by atoms with Crippen LogP contribution in [0.1, 0.15) is 27.7 Å². The summed E-state index contributed by atoms with van der Waals surface area (Å²) in [6, 6.07) is -0.742. The maximum Gasteiger partial charge on any atom is 0.408 e. The molecule has 6 nitrogen and oxygen atoms in total. The number of hydrogen-bond donors (Lipinski definition) is 1. The van der Waals surface area contributed by atoms with Crippen molar-refractivity contribution in [2.24, 2.45) is 0 Å². The molecule has 0 aromatic heterocycles. The molecule has 0 saturated carbocycles. The lowest BCUT2D eigenvalue weighted by molar-refractivity contribution is -0.171. The van der Waals surface area contributed by atoms with E-state index in [-0.39, 0.29) is 5.91 Å². The Balaban J connectivity index is 2.51. The van der Waals surface area contributed by atoms with Gasteiger partial charge in [0.2, 0.25) is 0 Å². The topological polar surface area (TPSA) is 67.9 Å². The summed E-state index contributed by atoms with van der Waals surface area (Å²) >= 11 is 0. The van der Waals surface area contributed by atoms with Gasteiger partial charge in [-0.05, 0) is 33.8 Å². The standard InChI is InChI=1S/C13H20N2O4/c1-9-7-6-8-15(19-9)11(16)10(2)14-12(17)18-13(3,4)5/h6-7,10H,1,8H2,2-5H3,(H,14,17)/t10-/m1/s1. The SMILES string of the molecule is C=C1C=CCN(C(=O)[C@@H](C)NC(=O)OC(C)(C)C)O1. The Morgan fingerprint density at radius 2 is 2.16 bits per heavy atom. The monoisotopic (exact) mass is 268 g/mol. The van der Waals surface area contributed by atoms with Crippen molar-refractivity contribution in [2.75, 3.05) is 6.54 Å². The van der Waals surface area contributed by atoms with E-state index in [1.165, 1.54) is 0 Å². The Morgan fingerprint density at radius 3 is 2.68 bits per heavy atom. The van der Waals surface area contributed by atoms with E-state index in [0.29, 0.717) is 12.3 Å². The van der Waals surface area contributed by atoms with Gasteiger partial charge in [0.15, 0.2) is 0 Å². The van der Waals surface area contributed by atoms with Gasteiger partial charge in [0.1, 0.15) is 17.4 Å². The molecular weight excluding hydrogens is 248 g/mol. The highest BCUT2D eigenvalue weighted by molar-refractivity contribution is 5.84. The second kappa shape index (κ2) is 5.77. The minimum Gasteiger partial charge on any atom is -0.444 e. The van der Waals surface area contributed by atoms with Crippen molar-refractivity contribution in [1.82, 2.24) is 10.4 Å². The number of alkyl carbamates (subject to hydrolysis) is 1. The van der Waals surface area contributed by atoms with Crippen LogP contribution >= 0.6 is 0 Å². The normalized spacial score (nSPS) is 16.6. The van der Waals surface area contributed by atoms with Crippen molar-refractivity contribution in [3.8, 4) is 0 Å². The minimum atomic E-state index is -0.742. The number of carbonyl (C=O) groups excluding carboxylic acids is 2. The summed E-state index contributed by atoms with van der Waals surface area (Å²) in [7, 11) is 0. The van der Waals surface area contributed by atoms with Crippen LogP contribution in [-0.2, 0) is 14.4 Å². The van der Waals surface area contributed by atoms with Crippen LogP contribution in [0.5, 0.6) is 0 Å². The second-order valence-corrected chi connectivity index (χ2v) is 5.23. The predicted molar refractivity (Wildman–Crippen MR) is 69.9 cm³/mol. The number of rotatable bonds is 2. The Labute approximate surface area is 113 Å². The van der Waals surface area contributed by atoms with E-state index in [1.54, 1.807) is 39.8 Å². The predicted octanol–water partition coefficient (Wildman–Crippen LogP) is 1.74. The molecule has 0 spiro atoms. The third-order valence-electron chi connectivity index (χ3n) is 2.15. The van der Waals surface area contributed by atoms with Gasteiger partial charge in [0.05, 0.1) is 6.54 Å². The molecule has 19 heavy (non-hydrogen) atoms. The van der Waals surface area contributed by atoms with Crippen molar-refractivity contribution in [2.45, 2.75) is 39.3 Å². The largest absolute Gasteiger partial charge is 0.444 e. The molecule has 1 rings (SSSR count). The molecule has 0 unspecified atom stereocenters. The zero-order valence-corrected chi connectivity index (χ0v) is 11.7. The van der Waals surface area contributed by atoms with Crippen molar-refractivity contribution in [1.29, 1.82) is 0 Å². The Kier molecular flexibility index (Phi) is 4.58. The van der Waals surface area contributed by atoms with Gasteiger partial charge in [-0.1, -0.05) is 12.7 Å². The first-order valence-electron chi connectivity index (χ1n) is 6.03. The van der Waals surface area contributed by atoms with Crippen LogP contribution in [-0.4, -0.2) is 35.3 Å². The molecule has 0 bridgehead atoms. The van der Waals surface area contributed by atoms with Crippen LogP contribution in [0.15, 0.2) is 24.5 Å². The number of allylic oxidation sites excluding steroid dienone is 1. The average Bonchev–Trinajstić information content (AvgIpc) is 2.25. The number of carbonyl (C=O) groups is 2. The third kappa shape index (κ3) is 5.03. The molecule has 1 aliphatic heterocycles. The summed E-state index contributed by atoms with van der Waals surface area (Å²) in [4.78, 5) is 28.7. The van der Waals surface area contributed by atoms with Crippen LogP contribution in [0.3, 0.4) is 0 Å². The zero-order valence-electron chi connectivity index (χ0n) is 11.7. The lowest BCUT2D eigenvalue weighted by Gasteiger charge is -2.27. The van der Waals surface area contributed by atoms with Gasteiger partial charge in [0.25, 0.3) is 5.91 Å². The Morgan fingerprint density at radius 1 is 1.53 bits per heavy atom. The van der Waals surface area contributed by atoms with E-state index >= 15 is 0 Å². The van der Waals surface area contributed by atoms with Crippen molar-refractivity contribution < 1.29 is 19.2 Å². The molecule has 2 amide bonds. The first kappa shape index (κ1) is 15.1. The minimum absolute atomic E-state index is 0.318. The van der Waals surface area contributed by atoms with Crippen LogP contribution in [0, 0.1) is 0 Å². The van der Waals surface area contributed by atoms with Gasteiger partial charge < -0.3 is 14.9 Å². The maximum atomic E-state index is 12.0. The van der Waals surface area contributed by atoms with Crippen LogP contribution in [0.4, 0.5) is 4.79 Å². The smallest absolute Gasteiger partial charge is 0.408 e. The van der Waals surface area contributed by atoms with E-state index in [9.17, 15) is 9.59 Å². The summed E-state index contributed by atoms with van der Waals surface area (Å²) in [5.74, 6) is 0.0143. The lowest BCUT2D eigenvalue weighted by atomic mass is 10.2. The number of hydroxylamine groups is 2. The molecule has 0 aromatic carbocycles. The molecule has 1 N–H and O–H groups in total. The number of ether oxygens (including phenoxy) is 1. The van der Waals surface area contributed by atoms with Crippen LogP contribution in [0.2, 0.25) is 0 Å². The molecule has 0 aromatic rings. The number of amides is 2. The molecule has 0 saturated heterocycles. The summed E-state index contributed by atoms with van der Waals surface area (Å²) in [5, 5.41) is 3.61. The van der Waals surface area contributed by atoms with Gasteiger partial charge in [0, 0.05) is 0 Å². The summed E-state index contributed by atoms with van der Waals surface area (Å²) in [5.41, 5.74) is -0.606. The molecular formula is C13H20N2O4. The fourth-order valence-corrected chi connectivity index (χ4v) is 1.39. The molecule has 106 valence electrons. The van der Waals surface area contributed by atoms with E-state index in [4.69, 9.17) is 9.57 Å². The highest BCUT2D eigenvalue weighted by Crippen LogP contribution is 2.10. The van der Waals surface area contributed by atoms with Gasteiger partial charge >= 0.3 is 6.09 Å². The molecule has 1 atom stereocenters. The van der Waals surface area contributed by atoms with Gasteiger partial charge in [-0.15, -0.1) is 0 Å². The summed E-state index contributed by atoms with van der Waals surface area (Å²) in [6.45, 7) is 10.7. The molecule has 0 fully saturated rings. The second-order valence-electron chi connectivity index (χ2n) is 5.23. The van der Waals surface area contributed by atoms with E-state index in [2.05, 4.69) is 11.9 Å². The van der Waals surface area contributed by atoms with Crippen LogP contribution < -0.4 is 5.32 Å². The highest BCUT2D eigenvalue weighted by Gasteiger charge is 2.26. The fraction of sp³-hybridized carbons (Fsp3) is 0.538. The number of nitrogens with zero attached hydrogens (tertiary/aromatic N) is 1. The number of nitrogens with one attached hydrogen (secondary N) is 1. The van der Waals surface area contributed by atoms with Crippen molar-refractivity contribution in [3.63, 3.8) is 0 Å². The van der Waals surface area contributed by atoms with Gasteiger partial charge in [-0.2, -0.15) is 5.06 Å². The number of hydrogen-bond acceptors (Lipinski definition) is 4. The fourth-order valence-electron chi connectivity index (χ4n) is 1.39. The molecule has 0 aliphatic carbocycles. The quantitative estimate of drug-likeness (QED) is 0.828. The average molecular weight is 268 g/mol. The van der Waals surface area contributed by atoms with Crippen molar-refractivity contribution >= 4 is 12.0 Å². The Hall–Kier alpha value is -1.98. The zero-order chi connectivity index (χ0) is 14.6. The molecule has 0 radical (unpaired) electrons. The highest BCUT2D eigenvalue weighted by atomic mass is 16.7. The first-order chi connectivity index (χ1) is 8.69. The van der Waals surface area contributed by atoms with E-state index in [1.807, 2.05) is 0 Å².